The molecule has 0 aliphatic heterocycles. The molecule has 96 valence electrons. The van der Waals surface area contributed by atoms with Crippen LogP contribution in [0.5, 0.6) is 0 Å². The Morgan fingerprint density at radius 2 is 2.00 bits per heavy atom. The van der Waals surface area contributed by atoms with Crippen molar-refractivity contribution in [1.82, 2.24) is 9.78 Å². The van der Waals surface area contributed by atoms with Gasteiger partial charge in [-0.1, -0.05) is 35.3 Å². The molecule has 2 aromatic rings. The lowest BCUT2D eigenvalue weighted by atomic mass is 10.0. The third-order valence-corrected chi connectivity index (χ3v) is 3.30. The maximum absolute atomic E-state index is 6.27. The fourth-order valence-electron chi connectivity index (χ4n) is 1.91. The molecule has 0 aliphatic rings. The monoisotopic (exact) mass is 283 g/mol. The van der Waals surface area contributed by atoms with Crippen LogP contribution in [0.1, 0.15) is 37.2 Å². The molecule has 0 saturated heterocycles. The van der Waals surface area contributed by atoms with Gasteiger partial charge in [-0.05, 0) is 31.5 Å². The number of rotatable bonds is 3. The van der Waals surface area contributed by atoms with Crippen LogP contribution < -0.4 is 5.73 Å². The van der Waals surface area contributed by atoms with Crippen LogP contribution in [0, 0.1) is 0 Å². The number of benzene rings is 1. The summed E-state index contributed by atoms with van der Waals surface area (Å²) in [5, 5.41) is 5.50. The van der Waals surface area contributed by atoms with Crippen LogP contribution in [0.3, 0.4) is 0 Å². The van der Waals surface area contributed by atoms with Crippen molar-refractivity contribution in [3.63, 3.8) is 0 Å². The van der Waals surface area contributed by atoms with Gasteiger partial charge >= 0.3 is 0 Å². The molecule has 0 saturated carbocycles. The van der Waals surface area contributed by atoms with E-state index in [0.29, 0.717) is 10.0 Å². The van der Waals surface area contributed by atoms with E-state index in [1.807, 2.05) is 42.8 Å². The minimum atomic E-state index is -0.332. The van der Waals surface area contributed by atoms with E-state index in [2.05, 4.69) is 5.10 Å². The first-order valence-corrected chi connectivity index (χ1v) is 6.50. The Kier molecular flexibility index (Phi) is 3.95. The molecule has 0 spiro atoms. The van der Waals surface area contributed by atoms with Crippen LogP contribution in [-0.2, 0) is 0 Å². The Bertz CT molecular complexity index is 549. The third-order valence-electron chi connectivity index (χ3n) is 2.78. The zero-order valence-electron chi connectivity index (χ0n) is 10.3. The summed E-state index contributed by atoms with van der Waals surface area (Å²) >= 11 is 12.2. The SMILES string of the molecule is CC(C)n1ncc(Cl)c1C(N)c1cccc(Cl)c1. The molecular weight excluding hydrogens is 269 g/mol. The second-order valence-corrected chi connectivity index (χ2v) is 5.29. The van der Waals surface area contributed by atoms with Crippen molar-refractivity contribution in [1.29, 1.82) is 0 Å². The predicted molar refractivity (Wildman–Crippen MR) is 75.1 cm³/mol. The lowest BCUT2D eigenvalue weighted by molar-refractivity contribution is 0.499. The van der Waals surface area contributed by atoms with Gasteiger partial charge in [0.15, 0.2) is 0 Å². The fraction of sp³-hybridized carbons (Fsp3) is 0.308. The fourth-order valence-corrected chi connectivity index (χ4v) is 2.36. The summed E-state index contributed by atoms with van der Waals surface area (Å²) in [6, 6.07) is 7.35. The van der Waals surface area contributed by atoms with E-state index in [1.165, 1.54) is 0 Å². The number of aromatic nitrogens is 2. The van der Waals surface area contributed by atoms with E-state index in [9.17, 15) is 0 Å². The van der Waals surface area contributed by atoms with E-state index in [1.54, 1.807) is 6.20 Å². The molecule has 0 amide bonds. The van der Waals surface area contributed by atoms with Gasteiger partial charge in [-0.3, -0.25) is 4.68 Å². The summed E-state index contributed by atoms with van der Waals surface area (Å²) in [7, 11) is 0. The number of hydrogen-bond donors (Lipinski definition) is 1. The minimum absolute atomic E-state index is 0.206. The molecule has 1 atom stereocenters. The molecule has 0 bridgehead atoms. The van der Waals surface area contributed by atoms with Crippen LogP contribution in [0.15, 0.2) is 30.5 Å². The standard InChI is InChI=1S/C13H15Cl2N3/c1-8(2)18-13(11(15)7-17-18)12(16)9-4-3-5-10(14)6-9/h3-8,12H,16H2,1-2H3. The van der Waals surface area contributed by atoms with Crippen molar-refractivity contribution >= 4 is 23.2 Å². The van der Waals surface area contributed by atoms with E-state index in [-0.39, 0.29) is 12.1 Å². The molecule has 1 heterocycles. The molecule has 1 unspecified atom stereocenters. The first kappa shape index (κ1) is 13.4. The maximum atomic E-state index is 6.27. The Morgan fingerprint density at radius 1 is 1.28 bits per heavy atom. The van der Waals surface area contributed by atoms with Gasteiger partial charge in [0.25, 0.3) is 0 Å². The van der Waals surface area contributed by atoms with Crippen LogP contribution in [0.25, 0.3) is 0 Å². The van der Waals surface area contributed by atoms with Crippen molar-refractivity contribution in [2.75, 3.05) is 0 Å². The van der Waals surface area contributed by atoms with Gasteiger partial charge in [0.1, 0.15) is 0 Å². The zero-order chi connectivity index (χ0) is 13.3. The molecule has 1 aromatic carbocycles. The predicted octanol–water partition coefficient (Wildman–Crippen LogP) is 3.82. The number of nitrogens with two attached hydrogens (primary N) is 1. The molecule has 3 nitrogen and oxygen atoms in total. The van der Waals surface area contributed by atoms with Gasteiger partial charge in [0.05, 0.1) is 23.0 Å². The Morgan fingerprint density at radius 3 is 2.61 bits per heavy atom. The molecule has 0 radical (unpaired) electrons. The number of hydrogen-bond acceptors (Lipinski definition) is 2. The van der Waals surface area contributed by atoms with Crippen LogP contribution >= 0.6 is 23.2 Å². The van der Waals surface area contributed by atoms with E-state index < -0.39 is 0 Å². The molecule has 18 heavy (non-hydrogen) atoms. The van der Waals surface area contributed by atoms with Gasteiger partial charge in [-0.25, -0.2) is 0 Å². The molecule has 0 aliphatic carbocycles. The van der Waals surface area contributed by atoms with Gasteiger partial charge in [-0.2, -0.15) is 5.10 Å². The van der Waals surface area contributed by atoms with Crippen LogP contribution in [-0.4, -0.2) is 9.78 Å². The van der Waals surface area contributed by atoms with Crippen molar-refractivity contribution in [2.24, 2.45) is 5.73 Å². The van der Waals surface area contributed by atoms with Crippen LogP contribution in [0.2, 0.25) is 10.0 Å². The van der Waals surface area contributed by atoms with E-state index in [0.717, 1.165) is 11.3 Å². The lowest BCUT2D eigenvalue weighted by Crippen LogP contribution is -2.19. The summed E-state index contributed by atoms with van der Waals surface area (Å²) in [5.41, 5.74) is 8.00. The first-order valence-electron chi connectivity index (χ1n) is 5.74. The van der Waals surface area contributed by atoms with Crippen molar-refractivity contribution in [3.05, 3.63) is 51.8 Å². The second kappa shape index (κ2) is 5.31. The Labute approximate surface area is 117 Å². The number of halogens is 2. The molecule has 1 aromatic heterocycles. The molecule has 5 heteroatoms. The van der Waals surface area contributed by atoms with Crippen molar-refractivity contribution in [3.8, 4) is 0 Å². The first-order chi connectivity index (χ1) is 8.50. The lowest BCUT2D eigenvalue weighted by Gasteiger charge is -2.17. The highest BCUT2D eigenvalue weighted by Gasteiger charge is 2.20. The van der Waals surface area contributed by atoms with E-state index >= 15 is 0 Å². The van der Waals surface area contributed by atoms with Crippen molar-refractivity contribution < 1.29 is 0 Å². The second-order valence-electron chi connectivity index (χ2n) is 4.45. The largest absolute Gasteiger partial charge is 0.319 e. The van der Waals surface area contributed by atoms with Crippen LogP contribution in [0.4, 0.5) is 0 Å². The van der Waals surface area contributed by atoms with Gasteiger partial charge < -0.3 is 5.73 Å². The van der Waals surface area contributed by atoms with Gasteiger partial charge in [0.2, 0.25) is 0 Å². The highest BCUT2D eigenvalue weighted by atomic mass is 35.5. The summed E-state index contributed by atoms with van der Waals surface area (Å²) in [4.78, 5) is 0. The number of nitrogens with zero attached hydrogens (tertiary/aromatic N) is 2. The molecule has 2 rings (SSSR count). The Hall–Kier alpha value is -1.03. The minimum Gasteiger partial charge on any atom is -0.319 e. The summed E-state index contributed by atoms with van der Waals surface area (Å²) < 4.78 is 1.84. The van der Waals surface area contributed by atoms with Gasteiger partial charge in [-0.15, -0.1) is 0 Å². The quantitative estimate of drug-likeness (QED) is 0.931. The summed E-state index contributed by atoms with van der Waals surface area (Å²) in [6.07, 6.45) is 1.63. The molecule has 0 fully saturated rings. The average Bonchev–Trinajstić information content (AvgIpc) is 2.70. The molecular formula is C13H15Cl2N3. The Balaban J connectivity index is 2.45. The zero-order valence-corrected chi connectivity index (χ0v) is 11.8. The average molecular weight is 284 g/mol. The summed E-state index contributed by atoms with van der Waals surface area (Å²) in [5.74, 6) is 0. The van der Waals surface area contributed by atoms with E-state index in [4.69, 9.17) is 28.9 Å². The van der Waals surface area contributed by atoms with Gasteiger partial charge in [0, 0.05) is 11.1 Å². The summed E-state index contributed by atoms with van der Waals surface area (Å²) in [6.45, 7) is 4.08. The van der Waals surface area contributed by atoms with Crippen molar-refractivity contribution in [2.45, 2.75) is 25.9 Å². The third kappa shape index (κ3) is 2.53. The normalized spacial score (nSPS) is 13.0. The topological polar surface area (TPSA) is 43.8 Å². The maximum Gasteiger partial charge on any atom is 0.0837 e. The highest BCUT2D eigenvalue weighted by molar-refractivity contribution is 6.31. The molecule has 2 N–H and O–H groups in total. The smallest absolute Gasteiger partial charge is 0.0837 e. The highest BCUT2D eigenvalue weighted by Crippen LogP contribution is 2.29.